The number of carboxylic acids is 1. The molecular weight excluding hydrogens is 232 g/mol. The Hall–Kier alpha value is -1.39. The zero-order valence-corrected chi connectivity index (χ0v) is 10.1. The maximum atomic E-state index is 10.6. The maximum absolute atomic E-state index is 10.6. The normalized spacial score (nSPS) is 25.6. The van der Waals surface area contributed by atoms with Crippen LogP contribution in [0.15, 0.2) is 18.2 Å². The van der Waals surface area contributed by atoms with E-state index in [0.717, 1.165) is 18.6 Å². The van der Waals surface area contributed by atoms with Gasteiger partial charge in [0.25, 0.3) is 0 Å². The number of carboxylic acid groups (broad SMARTS) is 1. The van der Waals surface area contributed by atoms with Crippen molar-refractivity contribution in [2.45, 2.75) is 31.5 Å². The first-order valence-corrected chi connectivity index (χ1v) is 6.25. The molecule has 1 aromatic carbocycles. The van der Waals surface area contributed by atoms with Gasteiger partial charge < -0.3 is 14.6 Å². The van der Waals surface area contributed by atoms with Gasteiger partial charge in [0.2, 0.25) is 0 Å². The molecule has 1 spiro atoms. The summed E-state index contributed by atoms with van der Waals surface area (Å²) in [7, 11) is 0. The number of aryl methyl sites for hydroxylation is 1. The van der Waals surface area contributed by atoms with Crippen molar-refractivity contribution in [2.75, 3.05) is 13.2 Å². The summed E-state index contributed by atoms with van der Waals surface area (Å²) >= 11 is 0. The summed E-state index contributed by atoms with van der Waals surface area (Å²) in [5, 5.41) is 8.69. The van der Waals surface area contributed by atoms with Gasteiger partial charge in [0.05, 0.1) is 13.2 Å². The fourth-order valence-corrected chi connectivity index (χ4v) is 2.78. The third kappa shape index (κ3) is 1.91. The average molecular weight is 248 g/mol. The monoisotopic (exact) mass is 248 g/mol. The van der Waals surface area contributed by atoms with Crippen molar-refractivity contribution in [3.63, 3.8) is 0 Å². The Morgan fingerprint density at radius 3 is 3.06 bits per heavy atom. The molecule has 0 radical (unpaired) electrons. The third-order valence-electron chi connectivity index (χ3n) is 3.78. The highest BCUT2D eigenvalue weighted by molar-refractivity contribution is 5.67. The van der Waals surface area contributed by atoms with Gasteiger partial charge in [-0.2, -0.15) is 0 Å². The van der Waals surface area contributed by atoms with E-state index in [0.29, 0.717) is 19.6 Å². The number of benzene rings is 1. The van der Waals surface area contributed by atoms with Gasteiger partial charge in [-0.3, -0.25) is 4.79 Å². The first kappa shape index (κ1) is 11.7. The van der Waals surface area contributed by atoms with Gasteiger partial charge in [-0.05, 0) is 23.1 Å². The van der Waals surface area contributed by atoms with Crippen molar-refractivity contribution < 1.29 is 19.4 Å². The van der Waals surface area contributed by atoms with E-state index in [4.69, 9.17) is 14.6 Å². The van der Waals surface area contributed by atoms with E-state index in [1.54, 1.807) is 0 Å². The van der Waals surface area contributed by atoms with Crippen LogP contribution in [0, 0.1) is 0 Å². The lowest BCUT2D eigenvalue weighted by molar-refractivity contribution is -0.136. The van der Waals surface area contributed by atoms with Crippen LogP contribution in [0.2, 0.25) is 0 Å². The van der Waals surface area contributed by atoms with Crippen molar-refractivity contribution >= 4 is 5.97 Å². The van der Waals surface area contributed by atoms with Gasteiger partial charge in [-0.15, -0.1) is 0 Å². The molecule has 18 heavy (non-hydrogen) atoms. The SMILES string of the molecule is O=C(O)CCc1ccc2c(c1)COC21CCOC1. The predicted molar refractivity (Wildman–Crippen MR) is 64.3 cm³/mol. The Morgan fingerprint density at radius 2 is 2.33 bits per heavy atom. The zero-order chi connectivity index (χ0) is 12.6. The number of hydrogen-bond donors (Lipinski definition) is 1. The zero-order valence-electron chi connectivity index (χ0n) is 10.1. The lowest BCUT2D eigenvalue weighted by Gasteiger charge is -2.21. The number of fused-ring (bicyclic) bond motifs is 2. The van der Waals surface area contributed by atoms with Gasteiger partial charge in [0.1, 0.15) is 5.60 Å². The summed E-state index contributed by atoms with van der Waals surface area (Å²) in [4.78, 5) is 10.6. The van der Waals surface area contributed by atoms with E-state index in [-0.39, 0.29) is 12.0 Å². The van der Waals surface area contributed by atoms with Crippen molar-refractivity contribution in [1.29, 1.82) is 0 Å². The Bertz CT molecular complexity index is 475. The minimum atomic E-state index is -0.757. The molecule has 2 aliphatic rings. The molecule has 1 atom stereocenters. The van der Waals surface area contributed by atoms with E-state index >= 15 is 0 Å². The van der Waals surface area contributed by atoms with Crippen molar-refractivity contribution in [2.24, 2.45) is 0 Å². The smallest absolute Gasteiger partial charge is 0.303 e. The maximum Gasteiger partial charge on any atom is 0.303 e. The minimum Gasteiger partial charge on any atom is -0.481 e. The van der Waals surface area contributed by atoms with Gasteiger partial charge in [0, 0.05) is 19.4 Å². The summed E-state index contributed by atoms with van der Waals surface area (Å²) in [6.07, 6.45) is 1.66. The molecule has 1 saturated heterocycles. The molecule has 1 N–H and O–H groups in total. The standard InChI is InChI=1S/C14H16O4/c15-13(16)4-2-10-1-3-12-11(7-10)8-18-14(12)5-6-17-9-14/h1,3,7H,2,4-6,8-9H2,(H,15,16). The summed E-state index contributed by atoms with van der Waals surface area (Å²) in [5.41, 5.74) is 3.24. The molecule has 2 heterocycles. The van der Waals surface area contributed by atoms with Crippen LogP contribution in [0.25, 0.3) is 0 Å². The van der Waals surface area contributed by atoms with Crippen LogP contribution in [-0.4, -0.2) is 24.3 Å². The van der Waals surface area contributed by atoms with Crippen LogP contribution in [-0.2, 0) is 32.9 Å². The fourth-order valence-electron chi connectivity index (χ4n) is 2.78. The van der Waals surface area contributed by atoms with E-state index in [1.165, 1.54) is 11.1 Å². The van der Waals surface area contributed by atoms with Crippen LogP contribution in [0.3, 0.4) is 0 Å². The molecule has 4 heteroatoms. The van der Waals surface area contributed by atoms with Crippen molar-refractivity contribution in [3.05, 3.63) is 34.9 Å². The molecule has 96 valence electrons. The lowest BCUT2D eigenvalue weighted by atomic mass is 9.90. The number of aliphatic carboxylic acids is 1. The van der Waals surface area contributed by atoms with E-state index in [9.17, 15) is 4.79 Å². The molecule has 1 aromatic rings. The molecule has 0 bridgehead atoms. The van der Waals surface area contributed by atoms with E-state index in [2.05, 4.69) is 12.1 Å². The first-order valence-electron chi connectivity index (χ1n) is 6.25. The van der Waals surface area contributed by atoms with Crippen LogP contribution >= 0.6 is 0 Å². The number of rotatable bonds is 3. The van der Waals surface area contributed by atoms with Crippen LogP contribution in [0.4, 0.5) is 0 Å². The second-order valence-electron chi connectivity index (χ2n) is 4.97. The summed E-state index contributed by atoms with van der Waals surface area (Å²) in [6.45, 7) is 1.99. The molecule has 2 aliphatic heterocycles. The quantitative estimate of drug-likeness (QED) is 0.887. The molecule has 0 aromatic heterocycles. The molecule has 1 fully saturated rings. The largest absolute Gasteiger partial charge is 0.481 e. The number of carbonyl (C=O) groups is 1. The van der Waals surface area contributed by atoms with Crippen molar-refractivity contribution in [1.82, 2.24) is 0 Å². The van der Waals surface area contributed by atoms with Gasteiger partial charge >= 0.3 is 5.97 Å². The molecule has 0 amide bonds. The Morgan fingerprint density at radius 1 is 1.44 bits per heavy atom. The number of ether oxygens (including phenoxy) is 2. The second-order valence-corrected chi connectivity index (χ2v) is 4.97. The van der Waals surface area contributed by atoms with Crippen LogP contribution in [0.5, 0.6) is 0 Å². The van der Waals surface area contributed by atoms with Crippen LogP contribution < -0.4 is 0 Å². The molecule has 0 saturated carbocycles. The van der Waals surface area contributed by atoms with E-state index in [1.807, 2.05) is 6.07 Å². The first-order chi connectivity index (χ1) is 8.70. The van der Waals surface area contributed by atoms with Gasteiger partial charge in [0.15, 0.2) is 0 Å². The molecule has 1 unspecified atom stereocenters. The van der Waals surface area contributed by atoms with Crippen molar-refractivity contribution in [3.8, 4) is 0 Å². The predicted octanol–water partition coefficient (Wildman–Crippen LogP) is 1.85. The Balaban J connectivity index is 1.83. The Kier molecular flexibility index (Phi) is 2.84. The summed E-state index contributed by atoms with van der Waals surface area (Å²) < 4.78 is 11.4. The van der Waals surface area contributed by atoms with Crippen LogP contribution in [0.1, 0.15) is 29.5 Å². The molecule has 3 rings (SSSR count). The average Bonchev–Trinajstić information content (AvgIpc) is 2.97. The molecular formula is C14H16O4. The summed E-state index contributed by atoms with van der Waals surface area (Å²) in [6, 6.07) is 6.16. The number of hydrogen-bond acceptors (Lipinski definition) is 3. The topological polar surface area (TPSA) is 55.8 Å². The highest BCUT2D eigenvalue weighted by Crippen LogP contribution is 2.42. The lowest BCUT2D eigenvalue weighted by Crippen LogP contribution is -2.25. The highest BCUT2D eigenvalue weighted by atomic mass is 16.6. The molecule has 4 nitrogen and oxygen atoms in total. The minimum absolute atomic E-state index is 0.175. The van der Waals surface area contributed by atoms with Gasteiger partial charge in [-0.25, -0.2) is 0 Å². The molecule has 0 aliphatic carbocycles. The Labute approximate surface area is 106 Å². The highest BCUT2D eigenvalue weighted by Gasteiger charge is 2.43. The third-order valence-corrected chi connectivity index (χ3v) is 3.78. The fraction of sp³-hybridized carbons (Fsp3) is 0.500. The summed E-state index contributed by atoms with van der Waals surface area (Å²) in [5.74, 6) is -0.757. The van der Waals surface area contributed by atoms with E-state index < -0.39 is 5.97 Å². The van der Waals surface area contributed by atoms with Gasteiger partial charge in [-0.1, -0.05) is 18.2 Å². The second kappa shape index (κ2) is 4.37.